The van der Waals surface area contributed by atoms with Crippen molar-refractivity contribution in [2.75, 3.05) is 5.75 Å². The molecule has 0 aliphatic heterocycles. The molecule has 0 saturated heterocycles. The van der Waals surface area contributed by atoms with E-state index in [1.165, 1.54) is 11.1 Å². The first-order chi connectivity index (χ1) is 16.2. The van der Waals surface area contributed by atoms with Crippen molar-refractivity contribution in [3.8, 4) is 0 Å². The second-order valence-corrected chi connectivity index (χ2v) is 8.89. The molecule has 0 aliphatic rings. The molecule has 0 atom stereocenters. The molecule has 4 rings (SSSR count). The van der Waals surface area contributed by atoms with E-state index in [1.807, 2.05) is 20.8 Å². The lowest BCUT2D eigenvalue weighted by Gasteiger charge is -2.10. The van der Waals surface area contributed by atoms with Gasteiger partial charge in [0, 0.05) is 42.0 Å². The molecule has 0 saturated carbocycles. The average molecular weight is 486 g/mol. The number of carbonyl (C=O) groups excluding carboxylic acids is 1. The molecule has 2 aromatic heterocycles. The third-order valence-electron chi connectivity index (χ3n) is 5.43. The number of hydrogen-bond donors (Lipinski definition) is 1. The first-order valence-corrected chi connectivity index (χ1v) is 11.5. The van der Waals surface area contributed by atoms with Crippen LogP contribution in [0.5, 0.6) is 0 Å². The van der Waals surface area contributed by atoms with Crippen LogP contribution < -0.4 is 5.32 Å². The highest BCUT2D eigenvalue weighted by molar-refractivity contribution is 7.99. The van der Waals surface area contributed by atoms with Gasteiger partial charge in [0.05, 0.1) is 5.75 Å². The smallest absolute Gasteiger partial charge is 0.253 e. The number of aromatic nitrogens is 4. The molecule has 0 radical (unpaired) electrons. The molecule has 1 N–H and O–H groups in total. The van der Waals surface area contributed by atoms with Gasteiger partial charge in [-0.25, -0.2) is 22.7 Å². The third-order valence-corrected chi connectivity index (χ3v) is 6.27. The maximum Gasteiger partial charge on any atom is 0.253 e. The van der Waals surface area contributed by atoms with Crippen LogP contribution in [0.4, 0.5) is 13.2 Å². The van der Waals surface area contributed by atoms with Crippen LogP contribution >= 0.6 is 11.8 Å². The van der Waals surface area contributed by atoms with Crippen LogP contribution in [0, 0.1) is 38.2 Å². The van der Waals surface area contributed by atoms with Gasteiger partial charge in [-0.15, -0.1) is 5.10 Å². The molecule has 1 amide bonds. The van der Waals surface area contributed by atoms with Gasteiger partial charge >= 0.3 is 0 Å². The zero-order valence-electron chi connectivity index (χ0n) is 18.8. The Hall–Kier alpha value is -3.40. The summed E-state index contributed by atoms with van der Waals surface area (Å²) in [6.07, 6.45) is 0.710. The predicted molar refractivity (Wildman–Crippen MR) is 123 cm³/mol. The van der Waals surface area contributed by atoms with Crippen molar-refractivity contribution < 1.29 is 18.0 Å². The van der Waals surface area contributed by atoms with Gasteiger partial charge in [-0.3, -0.25) is 4.79 Å². The number of benzene rings is 2. The number of nitrogens with zero attached hydrogens (tertiary/aromatic N) is 4. The summed E-state index contributed by atoms with van der Waals surface area (Å²) in [4.78, 5) is 21.1. The second-order valence-electron chi connectivity index (χ2n) is 7.94. The lowest BCUT2D eigenvalue weighted by molar-refractivity contribution is -0.118. The minimum Gasteiger partial charge on any atom is -0.351 e. The molecule has 10 heteroatoms. The number of fused-ring (bicyclic) bond motifs is 1. The van der Waals surface area contributed by atoms with E-state index in [4.69, 9.17) is 0 Å². The predicted octanol–water partition coefficient (Wildman–Crippen LogP) is 4.47. The highest BCUT2D eigenvalue weighted by atomic mass is 32.2. The normalized spacial score (nSPS) is 11.2. The number of carbonyl (C=O) groups is 1. The molecule has 6 nitrogen and oxygen atoms in total. The summed E-state index contributed by atoms with van der Waals surface area (Å²) in [5.41, 5.74) is 4.78. The Balaban J connectivity index is 1.43. The molecule has 0 bridgehead atoms. The zero-order chi connectivity index (χ0) is 24.4. The quantitative estimate of drug-likeness (QED) is 0.391. The van der Waals surface area contributed by atoms with Gasteiger partial charge < -0.3 is 5.32 Å². The van der Waals surface area contributed by atoms with E-state index in [-0.39, 0.29) is 5.75 Å². The van der Waals surface area contributed by atoms with Crippen LogP contribution in [-0.4, -0.2) is 31.2 Å². The molecule has 0 spiro atoms. The van der Waals surface area contributed by atoms with Crippen LogP contribution in [0.2, 0.25) is 0 Å². The van der Waals surface area contributed by atoms with Gasteiger partial charge in [0.15, 0.2) is 0 Å². The summed E-state index contributed by atoms with van der Waals surface area (Å²) in [5, 5.41) is 7.25. The summed E-state index contributed by atoms with van der Waals surface area (Å²) < 4.78 is 42.1. The Morgan fingerprint density at radius 2 is 1.68 bits per heavy atom. The van der Waals surface area contributed by atoms with Gasteiger partial charge in [-0.05, 0) is 31.9 Å². The van der Waals surface area contributed by atoms with E-state index in [0.717, 1.165) is 28.7 Å². The summed E-state index contributed by atoms with van der Waals surface area (Å²) in [6.45, 7) is 5.53. The monoisotopic (exact) mass is 485 g/mol. The second kappa shape index (κ2) is 9.84. The number of amides is 1. The molecule has 0 unspecified atom stereocenters. The van der Waals surface area contributed by atoms with E-state index >= 15 is 0 Å². The van der Waals surface area contributed by atoms with Gasteiger partial charge in [-0.1, -0.05) is 41.6 Å². The maximum atomic E-state index is 13.7. The fraction of sp³-hybridized carbons (Fsp3) is 0.250. The van der Waals surface area contributed by atoms with E-state index in [0.29, 0.717) is 29.5 Å². The summed E-state index contributed by atoms with van der Waals surface area (Å²) >= 11 is 1.08. The Morgan fingerprint density at radius 1 is 1.00 bits per heavy atom. The SMILES string of the molecule is Cc1ccc(Cc2c(C)nc3nc(SCC(=O)NCc4c(F)cc(F)cc4F)nn3c2C)cc1. The van der Waals surface area contributed by atoms with Gasteiger partial charge in [0.1, 0.15) is 17.5 Å². The van der Waals surface area contributed by atoms with Crippen LogP contribution in [0.25, 0.3) is 5.78 Å². The number of aryl methyl sites for hydroxylation is 3. The number of hydrogen-bond acceptors (Lipinski definition) is 5. The Bertz CT molecular complexity index is 1350. The van der Waals surface area contributed by atoms with Crippen molar-refractivity contribution >= 4 is 23.4 Å². The van der Waals surface area contributed by atoms with E-state index in [1.54, 1.807) is 4.52 Å². The van der Waals surface area contributed by atoms with E-state index in [9.17, 15) is 18.0 Å². The van der Waals surface area contributed by atoms with Crippen molar-refractivity contribution in [3.05, 3.63) is 87.5 Å². The van der Waals surface area contributed by atoms with Crippen molar-refractivity contribution in [1.82, 2.24) is 24.9 Å². The molecule has 2 aromatic carbocycles. The average Bonchev–Trinajstić information content (AvgIpc) is 3.18. The highest BCUT2D eigenvalue weighted by Crippen LogP contribution is 2.21. The first-order valence-electron chi connectivity index (χ1n) is 10.5. The fourth-order valence-electron chi connectivity index (χ4n) is 3.53. The van der Waals surface area contributed by atoms with E-state index < -0.39 is 35.5 Å². The minimum atomic E-state index is -1.05. The Kier molecular flexibility index (Phi) is 6.87. The van der Waals surface area contributed by atoms with Gasteiger partial charge in [-0.2, -0.15) is 4.98 Å². The first kappa shape index (κ1) is 23.7. The maximum absolute atomic E-state index is 13.7. The molecule has 0 fully saturated rings. The van der Waals surface area contributed by atoms with Crippen LogP contribution in [0.15, 0.2) is 41.6 Å². The van der Waals surface area contributed by atoms with Gasteiger partial charge in [0.25, 0.3) is 5.78 Å². The van der Waals surface area contributed by atoms with Crippen molar-refractivity contribution in [2.24, 2.45) is 0 Å². The van der Waals surface area contributed by atoms with Crippen molar-refractivity contribution in [3.63, 3.8) is 0 Å². The van der Waals surface area contributed by atoms with Gasteiger partial charge in [0.2, 0.25) is 11.1 Å². The number of nitrogens with one attached hydrogen (secondary N) is 1. The molecular formula is C24H22F3N5OS. The largest absolute Gasteiger partial charge is 0.351 e. The topological polar surface area (TPSA) is 72.2 Å². The van der Waals surface area contributed by atoms with Crippen molar-refractivity contribution in [1.29, 1.82) is 0 Å². The summed E-state index contributed by atoms with van der Waals surface area (Å²) in [5.74, 6) is -3.21. The summed E-state index contributed by atoms with van der Waals surface area (Å²) in [6, 6.07) is 9.46. The Labute approximate surface area is 198 Å². The lowest BCUT2D eigenvalue weighted by Crippen LogP contribution is -2.25. The third kappa shape index (κ3) is 5.22. The standard InChI is InChI=1S/C24H22F3N5OS/c1-13-4-6-16(7-5-13)8-18-14(2)29-23-30-24(31-32(23)15(18)3)34-12-22(33)28-11-19-20(26)9-17(25)10-21(19)27/h4-7,9-10H,8,11-12H2,1-3H3,(H,28,33). The molecule has 176 valence electrons. The lowest BCUT2D eigenvalue weighted by atomic mass is 10.0. The number of rotatable bonds is 7. The molecule has 2 heterocycles. The Morgan fingerprint density at radius 3 is 2.35 bits per heavy atom. The van der Waals surface area contributed by atoms with Crippen molar-refractivity contribution in [2.45, 2.75) is 38.9 Å². The van der Waals surface area contributed by atoms with Crippen LogP contribution in [0.3, 0.4) is 0 Å². The number of halogens is 3. The summed E-state index contributed by atoms with van der Waals surface area (Å²) in [7, 11) is 0. The number of thioether (sulfide) groups is 1. The highest BCUT2D eigenvalue weighted by Gasteiger charge is 2.16. The molecular weight excluding hydrogens is 463 g/mol. The molecule has 4 aromatic rings. The molecule has 34 heavy (non-hydrogen) atoms. The zero-order valence-corrected chi connectivity index (χ0v) is 19.6. The van der Waals surface area contributed by atoms with Crippen LogP contribution in [-0.2, 0) is 17.8 Å². The fourth-order valence-corrected chi connectivity index (χ4v) is 4.17. The molecule has 0 aliphatic carbocycles. The van der Waals surface area contributed by atoms with E-state index in [2.05, 4.69) is 44.6 Å². The van der Waals surface area contributed by atoms with Crippen LogP contribution in [0.1, 0.15) is 33.6 Å². The minimum absolute atomic E-state index is 0.0600.